The molecule has 1 aliphatic carbocycles. The van der Waals surface area contributed by atoms with Crippen molar-refractivity contribution in [1.82, 2.24) is 5.32 Å². The van der Waals surface area contributed by atoms with Gasteiger partial charge in [0.15, 0.2) is 0 Å². The van der Waals surface area contributed by atoms with Gasteiger partial charge in [-0.1, -0.05) is 19.3 Å². The number of hydrogen-bond donors (Lipinski definition) is 2. The Morgan fingerprint density at radius 2 is 2.00 bits per heavy atom. The number of nitrogens with one attached hydrogen (secondary N) is 1. The fourth-order valence-electron chi connectivity index (χ4n) is 1.92. The van der Waals surface area contributed by atoms with E-state index in [4.69, 9.17) is 5.11 Å². The smallest absolute Gasteiger partial charge is 0.220 e. The van der Waals surface area contributed by atoms with Crippen LogP contribution in [0.25, 0.3) is 0 Å². The average Bonchev–Trinajstić information content (AvgIpc) is 2.16. The minimum atomic E-state index is 0.0381. The van der Waals surface area contributed by atoms with Crippen molar-refractivity contribution in [3.05, 3.63) is 0 Å². The quantitative estimate of drug-likeness (QED) is 0.688. The summed E-state index contributed by atoms with van der Waals surface area (Å²) in [5.41, 5.74) is 0. The van der Waals surface area contributed by atoms with E-state index in [1.807, 2.05) is 0 Å². The third kappa shape index (κ3) is 4.27. The van der Waals surface area contributed by atoms with Crippen LogP contribution in [0.3, 0.4) is 0 Å². The van der Waals surface area contributed by atoms with Gasteiger partial charge in [-0.05, 0) is 18.8 Å². The van der Waals surface area contributed by atoms with Crippen molar-refractivity contribution >= 4 is 5.91 Å². The molecule has 3 nitrogen and oxygen atoms in total. The van der Waals surface area contributed by atoms with Crippen LogP contribution in [0.5, 0.6) is 0 Å². The van der Waals surface area contributed by atoms with Gasteiger partial charge in [0.2, 0.25) is 5.91 Å². The molecule has 0 atom stereocenters. The van der Waals surface area contributed by atoms with Crippen LogP contribution < -0.4 is 5.32 Å². The molecule has 0 aliphatic heterocycles. The van der Waals surface area contributed by atoms with E-state index < -0.39 is 0 Å². The number of carbonyl (C=O) groups excluding carboxylic acids is 1. The van der Waals surface area contributed by atoms with Gasteiger partial charge in [-0.2, -0.15) is 0 Å². The van der Waals surface area contributed by atoms with Gasteiger partial charge in [0.05, 0.1) is 6.61 Å². The van der Waals surface area contributed by atoms with Crippen molar-refractivity contribution < 1.29 is 9.90 Å². The summed E-state index contributed by atoms with van der Waals surface area (Å²) in [7, 11) is 0. The van der Waals surface area contributed by atoms with Crippen molar-refractivity contribution in [3.8, 4) is 0 Å². The first kappa shape index (κ1) is 10.5. The van der Waals surface area contributed by atoms with Gasteiger partial charge >= 0.3 is 0 Å². The lowest BCUT2D eigenvalue weighted by molar-refractivity contribution is -0.122. The van der Waals surface area contributed by atoms with Crippen LogP contribution in [0.1, 0.15) is 38.5 Å². The maximum Gasteiger partial charge on any atom is 0.220 e. The molecule has 2 N–H and O–H groups in total. The van der Waals surface area contributed by atoms with E-state index in [2.05, 4.69) is 5.32 Å². The Hall–Kier alpha value is -0.570. The van der Waals surface area contributed by atoms with Crippen LogP contribution >= 0.6 is 0 Å². The third-order valence-electron chi connectivity index (χ3n) is 2.63. The molecule has 0 aromatic heterocycles. The molecule has 0 saturated heterocycles. The molecule has 1 rings (SSSR count). The molecule has 1 amide bonds. The molecule has 1 aliphatic rings. The number of amides is 1. The standard InChI is InChI=1S/C10H19NO2/c12-7-6-11-10(13)8-9-4-2-1-3-5-9/h9,12H,1-8H2,(H,11,13). The van der Waals surface area contributed by atoms with E-state index in [1.54, 1.807) is 0 Å². The van der Waals surface area contributed by atoms with E-state index in [1.165, 1.54) is 32.1 Å². The molecule has 13 heavy (non-hydrogen) atoms. The first-order chi connectivity index (χ1) is 6.33. The Bertz CT molecular complexity index is 153. The maximum absolute atomic E-state index is 11.2. The highest BCUT2D eigenvalue weighted by atomic mass is 16.3. The number of aliphatic hydroxyl groups is 1. The molecule has 0 unspecified atom stereocenters. The second kappa shape index (κ2) is 5.97. The first-order valence-electron chi connectivity index (χ1n) is 5.20. The fourth-order valence-corrected chi connectivity index (χ4v) is 1.92. The van der Waals surface area contributed by atoms with Crippen molar-refractivity contribution in [2.24, 2.45) is 5.92 Å². The monoisotopic (exact) mass is 185 g/mol. The Morgan fingerprint density at radius 3 is 2.62 bits per heavy atom. The lowest BCUT2D eigenvalue weighted by atomic mass is 9.87. The van der Waals surface area contributed by atoms with E-state index in [9.17, 15) is 4.79 Å². The van der Waals surface area contributed by atoms with E-state index >= 15 is 0 Å². The molecule has 0 spiro atoms. The van der Waals surface area contributed by atoms with E-state index in [-0.39, 0.29) is 12.5 Å². The number of aliphatic hydroxyl groups excluding tert-OH is 1. The lowest BCUT2D eigenvalue weighted by Gasteiger charge is -2.20. The van der Waals surface area contributed by atoms with Gasteiger partial charge in [0, 0.05) is 13.0 Å². The topological polar surface area (TPSA) is 49.3 Å². The van der Waals surface area contributed by atoms with Crippen LogP contribution in [-0.2, 0) is 4.79 Å². The zero-order chi connectivity index (χ0) is 9.52. The zero-order valence-corrected chi connectivity index (χ0v) is 8.09. The van der Waals surface area contributed by atoms with Crippen LogP contribution in [-0.4, -0.2) is 24.2 Å². The van der Waals surface area contributed by atoms with Gasteiger partial charge in [-0.25, -0.2) is 0 Å². The van der Waals surface area contributed by atoms with Gasteiger partial charge in [-0.3, -0.25) is 4.79 Å². The summed E-state index contributed by atoms with van der Waals surface area (Å²) in [6.07, 6.45) is 6.93. The van der Waals surface area contributed by atoms with Crippen molar-refractivity contribution in [2.45, 2.75) is 38.5 Å². The van der Waals surface area contributed by atoms with E-state index in [0.29, 0.717) is 18.9 Å². The van der Waals surface area contributed by atoms with Crippen LogP contribution in [0.2, 0.25) is 0 Å². The molecule has 0 heterocycles. The van der Waals surface area contributed by atoms with Crippen molar-refractivity contribution in [2.75, 3.05) is 13.2 Å². The van der Waals surface area contributed by atoms with E-state index in [0.717, 1.165) is 0 Å². The molecule has 0 bridgehead atoms. The third-order valence-corrected chi connectivity index (χ3v) is 2.63. The number of rotatable bonds is 4. The van der Waals surface area contributed by atoms with Gasteiger partial charge in [-0.15, -0.1) is 0 Å². The van der Waals surface area contributed by atoms with Crippen LogP contribution in [0.15, 0.2) is 0 Å². The van der Waals surface area contributed by atoms with Crippen LogP contribution in [0, 0.1) is 5.92 Å². The van der Waals surface area contributed by atoms with Gasteiger partial charge < -0.3 is 10.4 Å². The van der Waals surface area contributed by atoms with Gasteiger partial charge in [0.25, 0.3) is 0 Å². The Morgan fingerprint density at radius 1 is 1.31 bits per heavy atom. The molecule has 1 fully saturated rings. The molecular formula is C10H19NO2. The summed E-state index contributed by atoms with van der Waals surface area (Å²) in [6, 6.07) is 0. The second-order valence-electron chi connectivity index (χ2n) is 3.78. The molecule has 0 aromatic carbocycles. The summed E-state index contributed by atoms with van der Waals surface area (Å²) < 4.78 is 0. The molecule has 0 aromatic rings. The average molecular weight is 185 g/mol. The van der Waals surface area contributed by atoms with Crippen molar-refractivity contribution in [1.29, 1.82) is 0 Å². The largest absolute Gasteiger partial charge is 0.395 e. The number of hydrogen-bond acceptors (Lipinski definition) is 2. The highest BCUT2D eigenvalue weighted by molar-refractivity contribution is 5.76. The van der Waals surface area contributed by atoms with Gasteiger partial charge in [0.1, 0.15) is 0 Å². The SMILES string of the molecule is O=C(CC1CCCCC1)NCCO. The summed E-state index contributed by atoms with van der Waals surface area (Å²) >= 11 is 0. The minimum absolute atomic E-state index is 0.0381. The molecule has 0 radical (unpaired) electrons. The molecule has 3 heteroatoms. The summed E-state index contributed by atoms with van der Waals surface area (Å²) in [5.74, 6) is 0.688. The Labute approximate surface area is 79.5 Å². The molecular weight excluding hydrogens is 166 g/mol. The highest BCUT2D eigenvalue weighted by Gasteiger charge is 2.16. The summed E-state index contributed by atoms with van der Waals surface area (Å²) in [6.45, 7) is 0.433. The summed E-state index contributed by atoms with van der Waals surface area (Å²) in [5, 5.41) is 11.2. The highest BCUT2D eigenvalue weighted by Crippen LogP contribution is 2.25. The lowest BCUT2D eigenvalue weighted by Crippen LogP contribution is -2.28. The predicted octanol–water partition coefficient (Wildman–Crippen LogP) is 1.07. The molecule has 76 valence electrons. The predicted molar refractivity (Wildman–Crippen MR) is 51.3 cm³/mol. The fraction of sp³-hybridized carbons (Fsp3) is 0.900. The number of carbonyl (C=O) groups is 1. The second-order valence-corrected chi connectivity index (χ2v) is 3.78. The zero-order valence-electron chi connectivity index (χ0n) is 8.09. The van der Waals surface area contributed by atoms with Crippen LogP contribution in [0.4, 0.5) is 0 Å². The Balaban J connectivity index is 2.11. The normalized spacial score (nSPS) is 18.5. The Kier molecular flexibility index (Phi) is 4.83. The molecule has 1 saturated carbocycles. The van der Waals surface area contributed by atoms with Crippen molar-refractivity contribution in [3.63, 3.8) is 0 Å². The minimum Gasteiger partial charge on any atom is -0.395 e. The first-order valence-corrected chi connectivity index (χ1v) is 5.20. The maximum atomic E-state index is 11.2. The summed E-state index contributed by atoms with van der Waals surface area (Å²) in [4.78, 5) is 11.2.